The molecule has 0 amide bonds. The number of hydrogen-bond acceptors (Lipinski definition) is 3. The normalized spacial score (nSPS) is 18.0. The van der Waals surface area contributed by atoms with Gasteiger partial charge in [0.25, 0.3) is 0 Å². The smallest absolute Gasteiger partial charge is 0.0992 e. The second-order valence-corrected chi connectivity index (χ2v) is 5.18. The molecule has 0 aromatic heterocycles. The van der Waals surface area contributed by atoms with Crippen molar-refractivity contribution < 1.29 is 0 Å². The molecule has 2 aromatic carbocycles. The highest BCUT2D eigenvalue weighted by Crippen LogP contribution is 2.31. The summed E-state index contributed by atoms with van der Waals surface area (Å²) >= 11 is 0. The number of rotatable bonds is 1. The third-order valence-electron chi connectivity index (χ3n) is 3.67. The van der Waals surface area contributed by atoms with E-state index in [0.29, 0.717) is 11.6 Å². The molecule has 3 nitrogen and oxygen atoms in total. The van der Waals surface area contributed by atoms with Gasteiger partial charge in [-0.2, -0.15) is 5.26 Å². The van der Waals surface area contributed by atoms with Crippen LogP contribution in [0.4, 0.5) is 11.4 Å². The first kappa shape index (κ1) is 12.7. The third-order valence-corrected chi connectivity index (χ3v) is 3.67. The third kappa shape index (κ3) is 2.38. The molecule has 20 heavy (non-hydrogen) atoms. The zero-order valence-electron chi connectivity index (χ0n) is 11.5. The molecular weight excluding hydrogens is 246 g/mol. The molecule has 100 valence electrons. The number of fused-ring (bicyclic) bond motifs is 1. The van der Waals surface area contributed by atoms with E-state index in [2.05, 4.69) is 53.5 Å². The first-order chi connectivity index (χ1) is 9.78. The molecule has 3 heteroatoms. The molecule has 1 aliphatic heterocycles. The number of nitrogens with one attached hydrogen (secondary N) is 1. The average Bonchev–Trinajstić information content (AvgIpc) is 2.67. The van der Waals surface area contributed by atoms with Crippen LogP contribution < -0.4 is 10.2 Å². The van der Waals surface area contributed by atoms with Crippen molar-refractivity contribution in [3.8, 4) is 6.07 Å². The Labute approximate surface area is 119 Å². The molecule has 0 fully saturated rings. The summed E-state index contributed by atoms with van der Waals surface area (Å²) in [6.07, 6.45) is 0. The standard InChI is InChI=1S/C17H17N3/c1-13-12-20(16-7-4-5-14(9-16)10-18)17-8-3-2-6-15(17)11-19-13/h2-9,13,19H,11-12H2,1H3. The van der Waals surface area contributed by atoms with Crippen LogP contribution in [-0.4, -0.2) is 12.6 Å². The summed E-state index contributed by atoms with van der Waals surface area (Å²) in [6, 6.07) is 18.9. The second kappa shape index (κ2) is 5.36. The molecule has 0 radical (unpaired) electrons. The molecule has 1 heterocycles. The van der Waals surface area contributed by atoms with Gasteiger partial charge in [-0.05, 0) is 36.8 Å². The van der Waals surface area contributed by atoms with Crippen molar-refractivity contribution in [2.75, 3.05) is 11.4 Å². The molecule has 1 aliphatic rings. The quantitative estimate of drug-likeness (QED) is 0.858. The van der Waals surface area contributed by atoms with Gasteiger partial charge in [-0.15, -0.1) is 0 Å². The molecule has 3 rings (SSSR count). The molecule has 0 aliphatic carbocycles. The minimum atomic E-state index is 0.396. The summed E-state index contributed by atoms with van der Waals surface area (Å²) in [5, 5.41) is 12.6. The first-order valence-corrected chi connectivity index (χ1v) is 6.87. The highest BCUT2D eigenvalue weighted by atomic mass is 15.2. The SMILES string of the molecule is CC1CN(c2cccc(C#N)c2)c2ccccc2CN1. The van der Waals surface area contributed by atoms with Gasteiger partial charge < -0.3 is 10.2 Å². The van der Waals surface area contributed by atoms with Crippen molar-refractivity contribution in [1.82, 2.24) is 5.32 Å². The van der Waals surface area contributed by atoms with Crippen LogP contribution in [0.25, 0.3) is 0 Å². The van der Waals surface area contributed by atoms with E-state index >= 15 is 0 Å². The maximum absolute atomic E-state index is 9.08. The fourth-order valence-electron chi connectivity index (χ4n) is 2.63. The predicted octanol–water partition coefficient (Wildman–Crippen LogP) is 3.19. The molecule has 1 atom stereocenters. The highest BCUT2D eigenvalue weighted by molar-refractivity contribution is 5.68. The van der Waals surface area contributed by atoms with E-state index in [9.17, 15) is 0 Å². The fourth-order valence-corrected chi connectivity index (χ4v) is 2.63. The first-order valence-electron chi connectivity index (χ1n) is 6.87. The lowest BCUT2D eigenvalue weighted by Gasteiger charge is -2.26. The summed E-state index contributed by atoms with van der Waals surface area (Å²) in [7, 11) is 0. The largest absolute Gasteiger partial charge is 0.340 e. The summed E-state index contributed by atoms with van der Waals surface area (Å²) in [5.74, 6) is 0. The highest BCUT2D eigenvalue weighted by Gasteiger charge is 2.19. The topological polar surface area (TPSA) is 39.1 Å². The Balaban J connectivity index is 2.08. The van der Waals surface area contributed by atoms with Crippen molar-refractivity contribution in [2.45, 2.75) is 19.5 Å². The molecule has 2 aromatic rings. The van der Waals surface area contributed by atoms with Crippen LogP contribution in [0.2, 0.25) is 0 Å². The number of nitrogens with zero attached hydrogens (tertiary/aromatic N) is 2. The van der Waals surface area contributed by atoms with E-state index in [1.807, 2.05) is 18.2 Å². The molecule has 0 saturated carbocycles. The van der Waals surface area contributed by atoms with Gasteiger partial charge in [0.1, 0.15) is 0 Å². The van der Waals surface area contributed by atoms with Crippen LogP contribution in [0.1, 0.15) is 18.1 Å². The Hall–Kier alpha value is -2.31. The molecule has 0 spiro atoms. The van der Waals surface area contributed by atoms with E-state index in [1.165, 1.54) is 11.3 Å². The van der Waals surface area contributed by atoms with Gasteiger partial charge in [0.05, 0.1) is 11.6 Å². The van der Waals surface area contributed by atoms with Crippen LogP contribution in [0.5, 0.6) is 0 Å². The maximum Gasteiger partial charge on any atom is 0.0992 e. The van der Waals surface area contributed by atoms with Gasteiger partial charge in [-0.25, -0.2) is 0 Å². The predicted molar refractivity (Wildman–Crippen MR) is 80.9 cm³/mol. The second-order valence-electron chi connectivity index (χ2n) is 5.18. The summed E-state index contributed by atoms with van der Waals surface area (Å²) in [5.41, 5.74) is 4.29. The van der Waals surface area contributed by atoms with Crippen molar-refractivity contribution in [3.05, 3.63) is 59.7 Å². The summed E-state index contributed by atoms with van der Waals surface area (Å²) in [6.45, 7) is 3.96. The van der Waals surface area contributed by atoms with Crippen LogP contribution in [0.15, 0.2) is 48.5 Å². The Morgan fingerprint density at radius 1 is 1.20 bits per heavy atom. The minimum Gasteiger partial charge on any atom is -0.340 e. The van der Waals surface area contributed by atoms with Crippen LogP contribution in [0, 0.1) is 11.3 Å². The molecular formula is C17H17N3. The fraction of sp³-hybridized carbons (Fsp3) is 0.235. The zero-order valence-corrected chi connectivity index (χ0v) is 11.5. The van der Waals surface area contributed by atoms with Gasteiger partial charge in [0, 0.05) is 30.5 Å². The lowest BCUT2D eigenvalue weighted by atomic mass is 10.1. The molecule has 0 bridgehead atoms. The van der Waals surface area contributed by atoms with E-state index in [-0.39, 0.29) is 0 Å². The molecule has 0 saturated heterocycles. The van der Waals surface area contributed by atoms with Gasteiger partial charge in [-0.3, -0.25) is 0 Å². The number of hydrogen-bond donors (Lipinski definition) is 1. The lowest BCUT2D eigenvalue weighted by molar-refractivity contribution is 0.568. The Kier molecular flexibility index (Phi) is 3.41. The average molecular weight is 263 g/mol. The van der Waals surface area contributed by atoms with Crippen LogP contribution >= 0.6 is 0 Å². The van der Waals surface area contributed by atoms with Gasteiger partial charge in [-0.1, -0.05) is 24.3 Å². The van der Waals surface area contributed by atoms with Crippen molar-refractivity contribution in [3.63, 3.8) is 0 Å². The number of nitriles is 1. The van der Waals surface area contributed by atoms with Gasteiger partial charge in [0.15, 0.2) is 0 Å². The maximum atomic E-state index is 9.08. The minimum absolute atomic E-state index is 0.396. The van der Waals surface area contributed by atoms with Crippen molar-refractivity contribution >= 4 is 11.4 Å². The monoisotopic (exact) mass is 263 g/mol. The zero-order chi connectivity index (χ0) is 13.9. The van der Waals surface area contributed by atoms with E-state index in [4.69, 9.17) is 5.26 Å². The van der Waals surface area contributed by atoms with Crippen molar-refractivity contribution in [1.29, 1.82) is 5.26 Å². The van der Waals surface area contributed by atoms with E-state index in [1.54, 1.807) is 0 Å². The Morgan fingerprint density at radius 2 is 2.05 bits per heavy atom. The van der Waals surface area contributed by atoms with E-state index < -0.39 is 0 Å². The number of para-hydroxylation sites is 1. The van der Waals surface area contributed by atoms with Crippen LogP contribution in [-0.2, 0) is 6.54 Å². The number of benzene rings is 2. The van der Waals surface area contributed by atoms with Crippen LogP contribution in [0.3, 0.4) is 0 Å². The van der Waals surface area contributed by atoms with Gasteiger partial charge >= 0.3 is 0 Å². The summed E-state index contributed by atoms with van der Waals surface area (Å²) < 4.78 is 0. The number of anilines is 2. The Morgan fingerprint density at radius 3 is 2.90 bits per heavy atom. The summed E-state index contributed by atoms with van der Waals surface area (Å²) in [4.78, 5) is 2.29. The lowest BCUT2D eigenvalue weighted by Crippen LogP contribution is -2.33. The molecule has 1 unspecified atom stereocenters. The van der Waals surface area contributed by atoms with Gasteiger partial charge in [0.2, 0.25) is 0 Å². The van der Waals surface area contributed by atoms with E-state index in [0.717, 1.165) is 18.8 Å². The molecule has 1 N–H and O–H groups in total. The Bertz CT molecular complexity index is 657. The van der Waals surface area contributed by atoms with Crippen molar-refractivity contribution in [2.24, 2.45) is 0 Å².